The Balaban J connectivity index is 1.67. The van der Waals surface area contributed by atoms with Crippen molar-refractivity contribution in [2.24, 2.45) is 0 Å². The minimum Gasteiger partial charge on any atom is -0.379 e. The van der Waals surface area contributed by atoms with Crippen LogP contribution in [0.25, 0.3) is 0 Å². The maximum Gasteiger partial charge on any atom is 0.0951 e. The highest BCUT2D eigenvalue weighted by atomic mass is 35.5. The van der Waals surface area contributed by atoms with E-state index < -0.39 is 0 Å². The van der Waals surface area contributed by atoms with Crippen molar-refractivity contribution in [2.75, 3.05) is 5.32 Å². The van der Waals surface area contributed by atoms with Gasteiger partial charge in [0.05, 0.1) is 18.6 Å². The summed E-state index contributed by atoms with van der Waals surface area (Å²) in [5, 5.41) is 4.14. The minimum absolute atomic E-state index is 0.680. The fraction of sp³-hybridized carbons (Fsp3) is 0.308. The summed E-state index contributed by atoms with van der Waals surface area (Å²) in [5.74, 6) is 0. The van der Waals surface area contributed by atoms with Gasteiger partial charge in [-0.15, -0.1) is 0 Å². The zero-order valence-corrected chi connectivity index (χ0v) is 10.2. The summed E-state index contributed by atoms with van der Waals surface area (Å²) in [6, 6.07) is 8.43. The second-order valence-corrected chi connectivity index (χ2v) is 4.82. The predicted octanol–water partition coefficient (Wildman–Crippen LogP) is 3.48. The summed E-state index contributed by atoms with van der Waals surface area (Å²) in [6.07, 6.45) is 6.42. The molecule has 1 aromatic carbocycles. The molecular weight excluding hydrogens is 234 g/mol. The fourth-order valence-corrected chi connectivity index (χ4v) is 2.04. The predicted molar refractivity (Wildman–Crippen MR) is 69.3 cm³/mol. The molecule has 0 bridgehead atoms. The lowest BCUT2D eigenvalue weighted by Crippen LogP contribution is -2.05. The van der Waals surface area contributed by atoms with Crippen LogP contribution >= 0.6 is 11.6 Å². The standard InChI is InChI=1S/C13H14ClN3/c14-10-1-3-11(4-2-10)16-8-13-7-15-9-17(13)12-5-6-12/h1-4,7,9,12,16H,5-6,8H2. The Morgan fingerprint density at radius 3 is 2.76 bits per heavy atom. The molecule has 4 heteroatoms. The van der Waals surface area contributed by atoms with Crippen LogP contribution in [0.15, 0.2) is 36.8 Å². The van der Waals surface area contributed by atoms with Crippen LogP contribution in [0.4, 0.5) is 5.69 Å². The van der Waals surface area contributed by atoms with Crippen molar-refractivity contribution < 1.29 is 0 Å². The molecule has 3 rings (SSSR count). The van der Waals surface area contributed by atoms with Crippen molar-refractivity contribution in [1.29, 1.82) is 0 Å². The van der Waals surface area contributed by atoms with Crippen LogP contribution < -0.4 is 5.32 Å². The van der Waals surface area contributed by atoms with Crippen LogP contribution in [0.1, 0.15) is 24.6 Å². The Labute approximate surface area is 105 Å². The summed E-state index contributed by atoms with van der Waals surface area (Å²) in [6.45, 7) is 0.804. The first-order valence-corrected chi connectivity index (χ1v) is 6.21. The monoisotopic (exact) mass is 247 g/mol. The molecule has 88 valence electrons. The average Bonchev–Trinajstić information content (AvgIpc) is 3.08. The molecule has 0 aliphatic heterocycles. The Kier molecular flexibility index (Phi) is 2.77. The maximum absolute atomic E-state index is 5.84. The quantitative estimate of drug-likeness (QED) is 0.897. The van der Waals surface area contributed by atoms with E-state index in [2.05, 4.69) is 14.9 Å². The lowest BCUT2D eigenvalue weighted by molar-refractivity contribution is 0.701. The molecule has 1 aromatic heterocycles. The molecule has 3 nitrogen and oxygen atoms in total. The van der Waals surface area contributed by atoms with Gasteiger partial charge in [-0.05, 0) is 37.1 Å². The summed E-state index contributed by atoms with van der Waals surface area (Å²) in [5.41, 5.74) is 2.32. The number of nitrogens with one attached hydrogen (secondary N) is 1. The first kappa shape index (κ1) is 10.7. The van der Waals surface area contributed by atoms with E-state index >= 15 is 0 Å². The summed E-state index contributed by atoms with van der Waals surface area (Å²) >= 11 is 5.84. The van der Waals surface area contributed by atoms with Crippen LogP contribution in [-0.2, 0) is 6.54 Å². The molecule has 1 aliphatic carbocycles. The molecule has 0 radical (unpaired) electrons. The van der Waals surface area contributed by atoms with E-state index in [0.717, 1.165) is 17.3 Å². The van der Waals surface area contributed by atoms with E-state index in [-0.39, 0.29) is 0 Å². The van der Waals surface area contributed by atoms with Crippen molar-refractivity contribution in [3.63, 3.8) is 0 Å². The van der Waals surface area contributed by atoms with Gasteiger partial charge < -0.3 is 9.88 Å². The number of nitrogens with zero attached hydrogens (tertiary/aromatic N) is 2. The SMILES string of the molecule is Clc1ccc(NCc2cncn2C2CC2)cc1. The third-order valence-corrected chi connectivity index (χ3v) is 3.26. The molecule has 1 fully saturated rings. The number of hydrogen-bond donors (Lipinski definition) is 1. The second-order valence-electron chi connectivity index (χ2n) is 4.38. The molecule has 0 saturated heterocycles. The highest BCUT2D eigenvalue weighted by Gasteiger charge is 2.24. The Bertz CT molecular complexity index is 500. The molecule has 1 heterocycles. The first-order valence-electron chi connectivity index (χ1n) is 5.83. The van der Waals surface area contributed by atoms with E-state index in [4.69, 9.17) is 11.6 Å². The summed E-state index contributed by atoms with van der Waals surface area (Å²) in [7, 11) is 0. The minimum atomic E-state index is 0.680. The van der Waals surface area contributed by atoms with Crippen LogP contribution in [0.5, 0.6) is 0 Å². The van der Waals surface area contributed by atoms with Crippen molar-refractivity contribution >= 4 is 17.3 Å². The molecule has 0 atom stereocenters. The third-order valence-electron chi connectivity index (χ3n) is 3.00. The van der Waals surface area contributed by atoms with Gasteiger partial charge in [0.1, 0.15) is 0 Å². The topological polar surface area (TPSA) is 29.9 Å². The summed E-state index contributed by atoms with van der Waals surface area (Å²) < 4.78 is 2.27. The zero-order valence-electron chi connectivity index (χ0n) is 9.44. The number of aromatic nitrogens is 2. The van der Waals surface area contributed by atoms with Gasteiger partial charge in [0, 0.05) is 22.9 Å². The molecule has 2 aromatic rings. The van der Waals surface area contributed by atoms with Crippen molar-refractivity contribution in [2.45, 2.75) is 25.4 Å². The number of hydrogen-bond acceptors (Lipinski definition) is 2. The first-order chi connectivity index (χ1) is 8.33. The van der Waals surface area contributed by atoms with Gasteiger partial charge in [-0.2, -0.15) is 0 Å². The van der Waals surface area contributed by atoms with Gasteiger partial charge in [0.25, 0.3) is 0 Å². The Morgan fingerprint density at radius 2 is 2.06 bits per heavy atom. The third kappa shape index (κ3) is 2.44. The number of benzene rings is 1. The van der Waals surface area contributed by atoms with Crippen LogP contribution in [0.3, 0.4) is 0 Å². The highest BCUT2D eigenvalue weighted by Crippen LogP contribution is 2.35. The van der Waals surface area contributed by atoms with E-state index in [9.17, 15) is 0 Å². The van der Waals surface area contributed by atoms with Gasteiger partial charge in [-0.25, -0.2) is 4.98 Å². The molecule has 17 heavy (non-hydrogen) atoms. The van der Waals surface area contributed by atoms with Crippen LogP contribution in [-0.4, -0.2) is 9.55 Å². The highest BCUT2D eigenvalue weighted by molar-refractivity contribution is 6.30. The molecule has 0 spiro atoms. The summed E-state index contributed by atoms with van der Waals surface area (Å²) in [4.78, 5) is 4.21. The molecule has 0 unspecified atom stereocenters. The normalized spacial score (nSPS) is 14.9. The van der Waals surface area contributed by atoms with Crippen LogP contribution in [0, 0.1) is 0 Å². The van der Waals surface area contributed by atoms with E-state index in [1.165, 1.54) is 18.5 Å². The van der Waals surface area contributed by atoms with E-state index in [0.29, 0.717) is 6.04 Å². The number of halogens is 1. The lowest BCUT2D eigenvalue weighted by atomic mass is 10.3. The van der Waals surface area contributed by atoms with Gasteiger partial charge in [-0.3, -0.25) is 0 Å². The Hall–Kier alpha value is -1.48. The zero-order chi connectivity index (χ0) is 11.7. The molecule has 0 amide bonds. The fourth-order valence-electron chi connectivity index (χ4n) is 1.91. The van der Waals surface area contributed by atoms with E-state index in [1.54, 1.807) is 0 Å². The van der Waals surface area contributed by atoms with Crippen molar-refractivity contribution in [3.8, 4) is 0 Å². The number of anilines is 1. The van der Waals surface area contributed by atoms with E-state index in [1.807, 2.05) is 36.8 Å². The van der Waals surface area contributed by atoms with Gasteiger partial charge in [0.15, 0.2) is 0 Å². The second kappa shape index (κ2) is 4.41. The average molecular weight is 248 g/mol. The van der Waals surface area contributed by atoms with Crippen LogP contribution in [0.2, 0.25) is 5.02 Å². The molecular formula is C13H14ClN3. The number of imidazole rings is 1. The van der Waals surface area contributed by atoms with Crippen molar-refractivity contribution in [1.82, 2.24) is 9.55 Å². The lowest BCUT2D eigenvalue weighted by Gasteiger charge is -2.09. The van der Waals surface area contributed by atoms with Crippen molar-refractivity contribution in [3.05, 3.63) is 47.5 Å². The number of rotatable bonds is 4. The molecule has 1 saturated carbocycles. The molecule has 1 aliphatic rings. The Morgan fingerprint density at radius 1 is 1.29 bits per heavy atom. The maximum atomic E-state index is 5.84. The largest absolute Gasteiger partial charge is 0.379 e. The van der Waals surface area contributed by atoms with Gasteiger partial charge in [0.2, 0.25) is 0 Å². The molecule has 1 N–H and O–H groups in total. The van der Waals surface area contributed by atoms with Gasteiger partial charge in [-0.1, -0.05) is 11.6 Å². The smallest absolute Gasteiger partial charge is 0.0951 e. The van der Waals surface area contributed by atoms with Gasteiger partial charge >= 0.3 is 0 Å².